The molecule has 2 aromatic carbocycles. The molecule has 1 N–H and O–H groups in total. The van der Waals surface area contributed by atoms with Crippen molar-refractivity contribution >= 4 is 23.3 Å². The van der Waals surface area contributed by atoms with Gasteiger partial charge in [0.05, 0.1) is 11.0 Å². The Morgan fingerprint density at radius 1 is 1.11 bits per heavy atom. The second-order valence-electron chi connectivity index (χ2n) is 6.44. The molecule has 144 valence electrons. The predicted octanol–water partition coefficient (Wildman–Crippen LogP) is 2.61. The Hall–Kier alpha value is -3.62. The number of fused-ring (bicyclic) bond motifs is 2. The minimum Gasteiger partial charge on any atom is -0.454 e. The molecule has 1 aliphatic carbocycles. The third kappa shape index (κ3) is 3.46. The maximum absolute atomic E-state index is 12.3. The summed E-state index contributed by atoms with van der Waals surface area (Å²) in [5.74, 6) is -1.14. The quantitative estimate of drug-likeness (QED) is 0.478. The largest absolute Gasteiger partial charge is 0.454 e. The number of nitrogens with one attached hydrogen (secondary N) is 1. The Bertz CT molecular complexity index is 986. The average Bonchev–Trinajstić information content (AvgIpc) is 3.33. The second-order valence-corrected chi connectivity index (χ2v) is 6.44. The number of nitro groups is 1. The summed E-state index contributed by atoms with van der Waals surface area (Å²) in [6, 6.07) is 7.96. The van der Waals surface area contributed by atoms with E-state index >= 15 is 0 Å². The fourth-order valence-electron chi connectivity index (χ4n) is 3.30. The van der Waals surface area contributed by atoms with Crippen LogP contribution in [-0.4, -0.2) is 30.2 Å². The molecule has 0 saturated carbocycles. The van der Waals surface area contributed by atoms with Crippen LogP contribution in [0.15, 0.2) is 30.3 Å². The maximum atomic E-state index is 12.3. The van der Waals surface area contributed by atoms with Gasteiger partial charge < -0.3 is 19.5 Å². The van der Waals surface area contributed by atoms with Crippen molar-refractivity contribution in [2.45, 2.75) is 19.3 Å². The zero-order chi connectivity index (χ0) is 19.7. The lowest BCUT2D eigenvalue weighted by Gasteiger charge is -2.09. The first-order valence-electron chi connectivity index (χ1n) is 8.68. The Labute approximate surface area is 159 Å². The number of nitro benzene ring substituents is 1. The molecule has 28 heavy (non-hydrogen) atoms. The molecule has 0 bridgehead atoms. The molecule has 0 unspecified atom stereocenters. The lowest BCUT2D eigenvalue weighted by molar-refractivity contribution is -0.385. The molecule has 9 heteroatoms. The molecule has 2 aliphatic rings. The number of nitrogens with zero attached hydrogens (tertiary/aromatic N) is 1. The summed E-state index contributed by atoms with van der Waals surface area (Å²) < 4.78 is 15.2. The number of esters is 1. The molecule has 4 rings (SSSR count). The van der Waals surface area contributed by atoms with E-state index in [1.54, 1.807) is 6.07 Å². The Morgan fingerprint density at radius 2 is 1.86 bits per heavy atom. The van der Waals surface area contributed by atoms with Crippen LogP contribution in [0.25, 0.3) is 0 Å². The zero-order valence-corrected chi connectivity index (χ0v) is 14.7. The summed E-state index contributed by atoms with van der Waals surface area (Å²) in [7, 11) is 0. The zero-order valence-electron chi connectivity index (χ0n) is 14.7. The Morgan fingerprint density at radius 3 is 2.64 bits per heavy atom. The van der Waals surface area contributed by atoms with Gasteiger partial charge in [-0.2, -0.15) is 0 Å². The van der Waals surface area contributed by atoms with Crippen LogP contribution in [-0.2, 0) is 22.4 Å². The number of ether oxygens (including phenoxy) is 3. The van der Waals surface area contributed by atoms with Gasteiger partial charge in [0.1, 0.15) is 5.56 Å². The van der Waals surface area contributed by atoms with Gasteiger partial charge in [0.15, 0.2) is 18.1 Å². The van der Waals surface area contributed by atoms with E-state index in [1.165, 1.54) is 17.2 Å². The first-order valence-corrected chi connectivity index (χ1v) is 8.68. The molecule has 1 amide bonds. The molecule has 9 nitrogen and oxygen atoms in total. The molecule has 2 aromatic rings. The van der Waals surface area contributed by atoms with Gasteiger partial charge >= 0.3 is 5.97 Å². The highest BCUT2D eigenvalue weighted by Crippen LogP contribution is 2.38. The van der Waals surface area contributed by atoms with E-state index in [2.05, 4.69) is 5.32 Å². The average molecular weight is 384 g/mol. The molecule has 0 spiro atoms. The van der Waals surface area contributed by atoms with Crippen LogP contribution in [0.5, 0.6) is 11.5 Å². The first-order chi connectivity index (χ1) is 13.5. The highest BCUT2D eigenvalue weighted by molar-refractivity contribution is 5.98. The van der Waals surface area contributed by atoms with E-state index in [0.717, 1.165) is 25.3 Å². The van der Waals surface area contributed by atoms with Crippen molar-refractivity contribution in [3.63, 3.8) is 0 Å². The fraction of sp³-hybridized carbons (Fsp3) is 0.263. The summed E-state index contributed by atoms with van der Waals surface area (Å²) in [4.78, 5) is 34.9. The summed E-state index contributed by atoms with van der Waals surface area (Å²) in [6.45, 7) is -0.657. The van der Waals surface area contributed by atoms with Crippen LogP contribution in [0.1, 0.15) is 27.9 Å². The third-order valence-corrected chi connectivity index (χ3v) is 4.62. The van der Waals surface area contributed by atoms with E-state index in [-0.39, 0.29) is 23.9 Å². The van der Waals surface area contributed by atoms with Crippen LogP contribution in [0, 0.1) is 10.1 Å². The topological polar surface area (TPSA) is 117 Å². The Balaban J connectivity index is 1.41. The molecular weight excluding hydrogens is 368 g/mol. The highest BCUT2D eigenvalue weighted by Gasteiger charge is 2.28. The van der Waals surface area contributed by atoms with Gasteiger partial charge in [-0.1, -0.05) is 6.07 Å². The molecule has 1 heterocycles. The number of carbonyl (C=O) groups excluding carboxylic acids is 2. The smallest absolute Gasteiger partial charge is 0.345 e. The molecule has 0 atom stereocenters. The minimum atomic E-state index is -0.992. The van der Waals surface area contributed by atoms with E-state index in [1.807, 2.05) is 12.1 Å². The summed E-state index contributed by atoms with van der Waals surface area (Å²) in [5, 5.41) is 13.9. The molecule has 0 radical (unpaired) electrons. The van der Waals surface area contributed by atoms with Gasteiger partial charge in [0, 0.05) is 11.8 Å². The minimum absolute atomic E-state index is 0.0891. The molecule has 0 fully saturated rings. The predicted molar refractivity (Wildman–Crippen MR) is 96.6 cm³/mol. The summed E-state index contributed by atoms with van der Waals surface area (Å²) >= 11 is 0. The van der Waals surface area contributed by atoms with Gasteiger partial charge in [-0.25, -0.2) is 4.79 Å². The van der Waals surface area contributed by atoms with Gasteiger partial charge in [-0.05, 0) is 42.5 Å². The van der Waals surface area contributed by atoms with Gasteiger partial charge in [-0.15, -0.1) is 0 Å². The monoisotopic (exact) mass is 384 g/mol. The van der Waals surface area contributed by atoms with Gasteiger partial charge in [-0.3, -0.25) is 14.9 Å². The Kier molecular flexibility index (Phi) is 4.56. The number of hydrogen-bond acceptors (Lipinski definition) is 7. The lowest BCUT2D eigenvalue weighted by atomic mass is 10.1. The second kappa shape index (κ2) is 7.18. The summed E-state index contributed by atoms with van der Waals surface area (Å²) in [5.41, 5.74) is 2.31. The third-order valence-electron chi connectivity index (χ3n) is 4.62. The number of rotatable bonds is 5. The van der Waals surface area contributed by atoms with E-state index < -0.39 is 29.1 Å². The number of carbonyl (C=O) groups is 2. The number of aryl methyl sites for hydroxylation is 2. The number of amides is 1. The van der Waals surface area contributed by atoms with Crippen LogP contribution in [0.3, 0.4) is 0 Å². The van der Waals surface area contributed by atoms with Crippen molar-refractivity contribution < 1.29 is 28.7 Å². The fourth-order valence-corrected chi connectivity index (χ4v) is 3.30. The number of anilines is 1. The van der Waals surface area contributed by atoms with Crippen LogP contribution >= 0.6 is 0 Å². The van der Waals surface area contributed by atoms with E-state index in [9.17, 15) is 19.7 Å². The molecule has 0 aromatic heterocycles. The van der Waals surface area contributed by atoms with Crippen molar-refractivity contribution in [2.75, 3.05) is 18.7 Å². The normalized spacial score (nSPS) is 13.7. The SMILES string of the molecule is O=C(COC(=O)c1cc2c(cc1[N+](=O)[O-])OCO2)Nc1ccc2c(c1)CCC2. The molecule has 0 saturated heterocycles. The van der Waals surface area contributed by atoms with E-state index in [4.69, 9.17) is 14.2 Å². The van der Waals surface area contributed by atoms with Gasteiger partial charge in [0.25, 0.3) is 11.6 Å². The van der Waals surface area contributed by atoms with Gasteiger partial charge in [0.2, 0.25) is 6.79 Å². The number of hydrogen-bond donors (Lipinski definition) is 1. The van der Waals surface area contributed by atoms with Crippen molar-refractivity contribution in [3.05, 3.63) is 57.1 Å². The van der Waals surface area contributed by atoms with E-state index in [0.29, 0.717) is 5.69 Å². The maximum Gasteiger partial charge on any atom is 0.345 e. The lowest BCUT2D eigenvalue weighted by Crippen LogP contribution is -2.21. The van der Waals surface area contributed by atoms with Crippen LogP contribution in [0.2, 0.25) is 0 Å². The van der Waals surface area contributed by atoms with Crippen molar-refractivity contribution in [1.82, 2.24) is 0 Å². The molecule has 1 aliphatic heterocycles. The van der Waals surface area contributed by atoms with Crippen molar-refractivity contribution in [2.24, 2.45) is 0 Å². The number of benzene rings is 2. The standard InChI is InChI=1S/C19H16N2O7/c22-18(20-13-5-4-11-2-1-3-12(11)6-13)9-26-19(23)14-7-16-17(28-10-27-16)8-15(14)21(24)25/h4-8H,1-3,9-10H2,(H,20,22). The summed E-state index contributed by atoms with van der Waals surface area (Å²) in [6.07, 6.45) is 3.11. The molecular formula is C19H16N2O7. The highest BCUT2D eigenvalue weighted by atomic mass is 16.7. The van der Waals surface area contributed by atoms with Crippen LogP contribution in [0.4, 0.5) is 11.4 Å². The van der Waals surface area contributed by atoms with Crippen molar-refractivity contribution in [3.8, 4) is 11.5 Å². The van der Waals surface area contributed by atoms with Crippen LogP contribution < -0.4 is 14.8 Å². The first kappa shape index (κ1) is 17.8. The van der Waals surface area contributed by atoms with Crippen molar-refractivity contribution in [1.29, 1.82) is 0 Å².